The molecule has 1 aromatic heterocycles. The van der Waals surface area contributed by atoms with Crippen LogP contribution in [0.5, 0.6) is 0 Å². The smallest absolute Gasteiger partial charge is 0.262 e. The molecule has 0 aliphatic heterocycles. The number of hydrogen-bond acceptors (Lipinski definition) is 5. The number of nitrogens with zero attached hydrogens (tertiary/aromatic N) is 2. The molecule has 0 radical (unpaired) electrons. The molecule has 0 fully saturated rings. The van der Waals surface area contributed by atoms with Crippen LogP contribution in [0.25, 0.3) is 10.9 Å². The van der Waals surface area contributed by atoms with Crippen molar-refractivity contribution in [1.29, 1.82) is 0 Å². The Balaban J connectivity index is 2.19. The summed E-state index contributed by atoms with van der Waals surface area (Å²) in [5.41, 5.74) is 0.512. The lowest BCUT2D eigenvalue weighted by Crippen LogP contribution is -2.37. The SMILES string of the molecule is CCNC(=O)CNC(=O)CSc1nc2ccccc2c(=O)n1[C@@H](C)CC. The number of rotatable bonds is 8. The number of carbonyl (C=O) groups excluding carboxylic acids is 2. The predicted octanol–water partition coefficient (Wildman–Crippen LogP) is 1.71. The van der Waals surface area contributed by atoms with E-state index in [-0.39, 0.29) is 35.7 Å². The van der Waals surface area contributed by atoms with Gasteiger partial charge in [0.15, 0.2) is 5.16 Å². The minimum atomic E-state index is -0.278. The third-order valence-corrected chi connectivity index (χ3v) is 4.91. The molecule has 0 aliphatic rings. The van der Waals surface area contributed by atoms with Gasteiger partial charge in [0, 0.05) is 12.6 Å². The lowest BCUT2D eigenvalue weighted by molar-refractivity contribution is -0.124. The second kappa shape index (κ2) is 9.38. The number of para-hydroxylation sites is 1. The van der Waals surface area contributed by atoms with Gasteiger partial charge in [-0.2, -0.15) is 0 Å². The molecule has 0 saturated heterocycles. The van der Waals surface area contributed by atoms with E-state index in [0.717, 1.165) is 6.42 Å². The number of aromatic nitrogens is 2. The first-order chi connectivity index (χ1) is 12.5. The van der Waals surface area contributed by atoms with Crippen LogP contribution >= 0.6 is 11.8 Å². The number of thioether (sulfide) groups is 1. The summed E-state index contributed by atoms with van der Waals surface area (Å²) in [5, 5.41) is 6.26. The minimum absolute atomic E-state index is 0.0273. The lowest BCUT2D eigenvalue weighted by Gasteiger charge is -2.18. The zero-order valence-electron chi connectivity index (χ0n) is 15.2. The molecular formula is C18H24N4O3S. The Kier molecular flexibility index (Phi) is 7.20. The maximum Gasteiger partial charge on any atom is 0.262 e. The van der Waals surface area contributed by atoms with Crippen LogP contribution in [0.4, 0.5) is 0 Å². The fraction of sp³-hybridized carbons (Fsp3) is 0.444. The minimum Gasteiger partial charge on any atom is -0.355 e. The van der Waals surface area contributed by atoms with E-state index in [1.54, 1.807) is 16.7 Å². The van der Waals surface area contributed by atoms with Gasteiger partial charge < -0.3 is 10.6 Å². The highest BCUT2D eigenvalue weighted by atomic mass is 32.2. The number of carbonyl (C=O) groups is 2. The van der Waals surface area contributed by atoms with Crippen molar-refractivity contribution in [1.82, 2.24) is 20.2 Å². The van der Waals surface area contributed by atoms with Gasteiger partial charge in [-0.15, -0.1) is 0 Å². The Hall–Kier alpha value is -2.35. The number of fused-ring (bicyclic) bond motifs is 1. The van der Waals surface area contributed by atoms with Crippen molar-refractivity contribution >= 4 is 34.5 Å². The van der Waals surface area contributed by atoms with Crippen molar-refractivity contribution in [3.05, 3.63) is 34.6 Å². The first kappa shape index (κ1) is 20.0. The zero-order chi connectivity index (χ0) is 19.1. The van der Waals surface area contributed by atoms with Crippen molar-refractivity contribution in [2.75, 3.05) is 18.8 Å². The summed E-state index contributed by atoms with van der Waals surface area (Å²) in [6.45, 7) is 6.23. The Morgan fingerprint density at radius 1 is 1.19 bits per heavy atom. The molecule has 2 amide bonds. The van der Waals surface area contributed by atoms with Crippen LogP contribution < -0.4 is 16.2 Å². The first-order valence-electron chi connectivity index (χ1n) is 8.65. The van der Waals surface area contributed by atoms with Gasteiger partial charge in [0.25, 0.3) is 5.56 Å². The van der Waals surface area contributed by atoms with E-state index in [1.807, 2.05) is 32.9 Å². The molecule has 0 saturated carbocycles. The number of hydrogen-bond donors (Lipinski definition) is 2. The molecular weight excluding hydrogens is 352 g/mol. The molecule has 26 heavy (non-hydrogen) atoms. The van der Waals surface area contributed by atoms with Crippen LogP contribution in [0.15, 0.2) is 34.2 Å². The second-order valence-corrected chi connectivity index (χ2v) is 6.81. The van der Waals surface area contributed by atoms with Crippen LogP contribution in [-0.2, 0) is 9.59 Å². The molecule has 1 heterocycles. The van der Waals surface area contributed by atoms with Crippen LogP contribution in [-0.4, -0.2) is 40.2 Å². The highest BCUT2D eigenvalue weighted by molar-refractivity contribution is 7.99. The summed E-state index contributed by atoms with van der Waals surface area (Å²) in [4.78, 5) is 40.8. The van der Waals surface area contributed by atoms with Crippen LogP contribution in [0.2, 0.25) is 0 Å². The van der Waals surface area contributed by atoms with Crippen molar-refractivity contribution in [3.63, 3.8) is 0 Å². The monoisotopic (exact) mass is 376 g/mol. The third kappa shape index (κ3) is 4.85. The fourth-order valence-electron chi connectivity index (χ4n) is 2.42. The molecule has 0 aliphatic carbocycles. The van der Waals surface area contributed by atoms with E-state index in [4.69, 9.17) is 0 Å². The first-order valence-corrected chi connectivity index (χ1v) is 9.63. The van der Waals surface area contributed by atoms with E-state index in [2.05, 4.69) is 15.6 Å². The maximum absolute atomic E-state index is 12.8. The van der Waals surface area contributed by atoms with Gasteiger partial charge in [-0.1, -0.05) is 30.8 Å². The van der Waals surface area contributed by atoms with Crippen molar-refractivity contribution < 1.29 is 9.59 Å². The Morgan fingerprint density at radius 3 is 2.62 bits per heavy atom. The van der Waals surface area contributed by atoms with Crippen LogP contribution in [0.3, 0.4) is 0 Å². The highest BCUT2D eigenvalue weighted by Crippen LogP contribution is 2.22. The summed E-state index contributed by atoms with van der Waals surface area (Å²) in [6.07, 6.45) is 0.775. The Morgan fingerprint density at radius 2 is 1.92 bits per heavy atom. The lowest BCUT2D eigenvalue weighted by atomic mass is 10.2. The molecule has 2 rings (SSSR count). The summed E-state index contributed by atoms with van der Waals surface area (Å²) in [6, 6.07) is 7.16. The molecule has 0 unspecified atom stereocenters. The molecule has 2 N–H and O–H groups in total. The summed E-state index contributed by atoms with van der Waals surface area (Å²) in [5.74, 6) is -0.425. The van der Waals surface area contributed by atoms with Gasteiger partial charge >= 0.3 is 0 Å². The summed E-state index contributed by atoms with van der Waals surface area (Å²) < 4.78 is 1.64. The summed E-state index contributed by atoms with van der Waals surface area (Å²) in [7, 11) is 0. The van der Waals surface area contributed by atoms with Gasteiger partial charge in [0.2, 0.25) is 11.8 Å². The maximum atomic E-state index is 12.8. The number of likely N-dealkylation sites (N-methyl/N-ethyl adjacent to an activating group) is 1. The Labute approximate surface area is 156 Å². The van der Waals surface area contributed by atoms with Gasteiger partial charge in [-0.3, -0.25) is 19.0 Å². The van der Waals surface area contributed by atoms with Crippen LogP contribution in [0.1, 0.15) is 33.2 Å². The predicted molar refractivity (Wildman–Crippen MR) is 103 cm³/mol. The molecule has 7 nitrogen and oxygen atoms in total. The van der Waals surface area contributed by atoms with Crippen molar-refractivity contribution in [2.24, 2.45) is 0 Å². The van der Waals surface area contributed by atoms with E-state index in [9.17, 15) is 14.4 Å². The summed E-state index contributed by atoms with van der Waals surface area (Å²) >= 11 is 1.20. The van der Waals surface area contributed by atoms with E-state index in [1.165, 1.54) is 11.8 Å². The van der Waals surface area contributed by atoms with Gasteiger partial charge in [0.05, 0.1) is 23.2 Å². The second-order valence-electron chi connectivity index (χ2n) is 5.86. The standard InChI is InChI=1S/C18H24N4O3S/c1-4-12(3)22-17(25)13-8-6-7-9-14(13)21-18(22)26-11-16(24)20-10-15(23)19-5-2/h6-9,12H,4-5,10-11H2,1-3H3,(H,19,23)(H,20,24)/t12-/m0/s1. The normalized spacial score (nSPS) is 12.0. The third-order valence-electron chi connectivity index (χ3n) is 3.96. The van der Waals surface area contributed by atoms with E-state index in [0.29, 0.717) is 22.6 Å². The highest BCUT2D eigenvalue weighted by Gasteiger charge is 2.16. The van der Waals surface area contributed by atoms with E-state index >= 15 is 0 Å². The number of amides is 2. The molecule has 140 valence electrons. The van der Waals surface area contributed by atoms with Gasteiger partial charge in [-0.25, -0.2) is 4.98 Å². The largest absolute Gasteiger partial charge is 0.355 e. The van der Waals surface area contributed by atoms with Crippen molar-refractivity contribution in [3.8, 4) is 0 Å². The quantitative estimate of drug-likeness (QED) is 0.540. The Bertz CT molecular complexity index is 850. The fourth-order valence-corrected chi connectivity index (χ4v) is 3.35. The molecule has 1 aromatic carbocycles. The topological polar surface area (TPSA) is 93.1 Å². The molecule has 8 heteroatoms. The van der Waals surface area contributed by atoms with Crippen LogP contribution in [0, 0.1) is 0 Å². The molecule has 1 atom stereocenters. The van der Waals surface area contributed by atoms with E-state index < -0.39 is 0 Å². The van der Waals surface area contributed by atoms with Gasteiger partial charge in [-0.05, 0) is 32.4 Å². The number of benzene rings is 1. The average molecular weight is 376 g/mol. The van der Waals surface area contributed by atoms with Gasteiger partial charge in [0.1, 0.15) is 0 Å². The average Bonchev–Trinajstić information content (AvgIpc) is 2.64. The zero-order valence-corrected chi connectivity index (χ0v) is 16.1. The molecule has 2 aromatic rings. The molecule has 0 bridgehead atoms. The number of nitrogens with one attached hydrogen (secondary N) is 2. The van der Waals surface area contributed by atoms with Crippen molar-refractivity contribution in [2.45, 2.75) is 38.4 Å². The molecule has 0 spiro atoms.